The number of aldehydes is 1. The van der Waals surface area contributed by atoms with Gasteiger partial charge in [0.05, 0.1) is 11.6 Å². The summed E-state index contributed by atoms with van der Waals surface area (Å²) in [5.41, 5.74) is 0. The van der Waals surface area contributed by atoms with E-state index in [9.17, 15) is 9.18 Å². The van der Waals surface area contributed by atoms with Gasteiger partial charge in [0.25, 0.3) is 5.88 Å². The Balaban J connectivity index is 2.01. The summed E-state index contributed by atoms with van der Waals surface area (Å²) in [6.45, 7) is 0.317. The summed E-state index contributed by atoms with van der Waals surface area (Å²) in [4.78, 5) is 13.9. The number of carbonyl (C=O) groups is 1. The number of hydrogen-bond acceptors (Lipinski definition) is 4. The van der Waals surface area contributed by atoms with E-state index in [1.807, 2.05) is 0 Å². The van der Waals surface area contributed by atoms with Crippen molar-refractivity contribution in [2.75, 3.05) is 6.61 Å². The Morgan fingerprint density at radius 1 is 1.25 bits per heavy atom. The largest absolute Gasteiger partial charge is 0.493 e. The molecule has 0 fully saturated rings. The molecule has 1 aromatic carbocycles. The van der Waals surface area contributed by atoms with Crippen LogP contribution in [-0.2, 0) is 4.79 Å². The third kappa shape index (κ3) is 3.93. The van der Waals surface area contributed by atoms with Crippen molar-refractivity contribution in [3.63, 3.8) is 0 Å². The lowest BCUT2D eigenvalue weighted by atomic mass is 10.3. The number of carbonyl (C=O) groups excluding carboxylic acids is 1. The standard InChI is InChI=1S/C14H11ClFNO3/c15-10-8-13(16)14(17-9-10)20-12-4-2-11(3-5-12)19-7-1-6-18/h2-6,8-9H,1,7H2. The van der Waals surface area contributed by atoms with Crippen LogP contribution in [0.25, 0.3) is 0 Å². The smallest absolute Gasteiger partial charge is 0.255 e. The Bertz CT molecular complexity index is 589. The molecule has 0 radical (unpaired) electrons. The third-order valence-electron chi connectivity index (χ3n) is 2.32. The van der Waals surface area contributed by atoms with Crippen LogP contribution in [0.15, 0.2) is 36.5 Å². The van der Waals surface area contributed by atoms with Crippen molar-refractivity contribution in [2.45, 2.75) is 6.42 Å². The zero-order valence-electron chi connectivity index (χ0n) is 10.4. The van der Waals surface area contributed by atoms with Gasteiger partial charge >= 0.3 is 0 Å². The number of aromatic nitrogens is 1. The molecule has 2 rings (SSSR count). The van der Waals surface area contributed by atoms with Crippen molar-refractivity contribution >= 4 is 17.9 Å². The third-order valence-corrected chi connectivity index (χ3v) is 2.52. The van der Waals surface area contributed by atoms with Crippen LogP contribution in [-0.4, -0.2) is 17.9 Å². The predicted molar refractivity (Wildman–Crippen MR) is 71.9 cm³/mol. The summed E-state index contributed by atoms with van der Waals surface area (Å²) < 4.78 is 24.1. The average Bonchev–Trinajstić information content (AvgIpc) is 2.44. The number of rotatable bonds is 6. The maximum absolute atomic E-state index is 13.5. The van der Waals surface area contributed by atoms with E-state index in [2.05, 4.69) is 4.98 Å². The Morgan fingerprint density at radius 3 is 2.60 bits per heavy atom. The van der Waals surface area contributed by atoms with Crippen LogP contribution in [0.2, 0.25) is 5.02 Å². The molecular formula is C14H11ClFNO3. The summed E-state index contributed by atoms with van der Waals surface area (Å²) in [5, 5.41) is 0.203. The lowest BCUT2D eigenvalue weighted by molar-refractivity contribution is -0.108. The molecular weight excluding hydrogens is 285 g/mol. The summed E-state index contributed by atoms with van der Waals surface area (Å²) in [6, 6.07) is 7.68. The molecule has 0 spiro atoms. The van der Waals surface area contributed by atoms with Gasteiger partial charge in [0.15, 0.2) is 5.82 Å². The van der Waals surface area contributed by atoms with Crippen molar-refractivity contribution in [3.05, 3.63) is 47.4 Å². The molecule has 2 aromatic rings. The highest BCUT2D eigenvalue weighted by Crippen LogP contribution is 2.25. The lowest BCUT2D eigenvalue weighted by Gasteiger charge is -2.07. The molecule has 1 heterocycles. The number of pyridine rings is 1. The zero-order valence-corrected chi connectivity index (χ0v) is 11.1. The molecule has 6 heteroatoms. The Kier molecular flexibility index (Phi) is 4.90. The maximum Gasteiger partial charge on any atom is 0.255 e. The van der Waals surface area contributed by atoms with Crippen LogP contribution < -0.4 is 9.47 Å². The van der Waals surface area contributed by atoms with Gasteiger partial charge in [-0.05, 0) is 30.3 Å². The van der Waals surface area contributed by atoms with Crippen molar-refractivity contribution in [2.24, 2.45) is 0 Å². The minimum Gasteiger partial charge on any atom is -0.493 e. The van der Waals surface area contributed by atoms with Crippen molar-refractivity contribution in [1.82, 2.24) is 4.98 Å². The van der Waals surface area contributed by atoms with Crippen LogP contribution in [0.4, 0.5) is 4.39 Å². The predicted octanol–water partition coefficient (Wildman–Crippen LogP) is 3.63. The summed E-state index contributed by atoms with van der Waals surface area (Å²) in [6.07, 6.45) is 2.42. The summed E-state index contributed by atoms with van der Waals surface area (Å²) in [5.74, 6) is 0.234. The summed E-state index contributed by atoms with van der Waals surface area (Å²) in [7, 11) is 0. The molecule has 0 N–H and O–H groups in total. The highest BCUT2D eigenvalue weighted by Gasteiger charge is 2.07. The second-order valence-corrected chi connectivity index (χ2v) is 4.25. The van der Waals surface area contributed by atoms with Gasteiger partial charge in [0.2, 0.25) is 0 Å². The molecule has 4 nitrogen and oxygen atoms in total. The molecule has 0 aliphatic rings. The van der Waals surface area contributed by atoms with E-state index < -0.39 is 5.82 Å². The van der Waals surface area contributed by atoms with Gasteiger partial charge in [0.1, 0.15) is 17.8 Å². The second kappa shape index (κ2) is 6.86. The number of nitrogens with zero attached hydrogens (tertiary/aromatic N) is 1. The van der Waals surface area contributed by atoms with E-state index in [1.54, 1.807) is 24.3 Å². The van der Waals surface area contributed by atoms with Crippen LogP contribution in [0.1, 0.15) is 6.42 Å². The highest BCUT2D eigenvalue weighted by molar-refractivity contribution is 6.30. The molecule has 0 unspecified atom stereocenters. The summed E-state index contributed by atoms with van der Waals surface area (Å²) >= 11 is 5.60. The first-order valence-corrected chi connectivity index (χ1v) is 6.22. The van der Waals surface area contributed by atoms with Crippen molar-refractivity contribution in [3.8, 4) is 17.4 Å². The molecule has 1 aromatic heterocycles. The first-order chi connectivity index (χ1) is 9.69. The molecule has 0 bridgehead atoms. The van der Waals surface area contributed by atoms with Gasteiger partial charge in [-0.15, -0.1) is 0 Å². The molecule has 20 heavy (non-hydrogen) atoms. The molecule has 0 aliphatic carbocycles. The molecule has 104 valence electrons. The van der Waals surface area contributed by atoms with Gasteiger partial charge in [-0.2, -0.15) is 0 Å². The fourth-order valence-electron chi connectivity index (χ4n) is 1.42. The van der Waals surface area contributed by atoms with E-state index in [4.69, 9.17) is 21.1 Å². The van der Waals surface area contributed by atoms with Gasteiger partial charge in [-0.25, -0.2) is 9.37 Å². The Hall–Kier alpha value is -2.14. The SMILES string of the molecule is O=CCCOc1ccc(Oc2ncc(Cl)cc2F)cc1. The van der Waals surface area contributed by atoms with Crippen LogP contribution in [0.5, 0.6) is 17.4 Å². The first kappa shape index (κ1) is 14.3. The van der Waals surface area contributed by atoms with E-state index in [-0.39, 0.29) is 10.9 Å². The van der Waals surface area contributed by atoms with Crippen LogP contribution in [0, 0.1) is 5.82 Å². The molecule has 0 saturated carbocycles. The quantitative estimate of drug-likeness (QED) is 0.603. The topological polar surface area (TPSA) is 48.4 Å². The fourth-order valence-corrected chi connectivity index (χ4v) is 1.56. The highest BCUT2D eigenvalue weighted by atomic mass is 35.5. The number of ether oxygens (including phenoxy) is 2. The minimum atomic E-state index is -0.635. The van der Waals surface area contributed by atoms with E-state index in [1.165, 1.54) is 6.20 Å². The normalized spacial score (nSPS) is 10.1. The van der Waals surface area contributed by atoms with Crippen LogP contribution >= 0.6 is 11.6 Å². The van der Waals surface area contributed by atoms with E-state index in [0.717, 1.165) is 12.4 Å². The molecule has 0 aliphatic heterocycles. The number of hydrogen-bond donors (Lipinski definition) is 0. The number of benzene rings is 1. The first-order valence-electron chi connectivity index (χ1n) is 5.84. The van der Waals surface area contributed by atoms with E-state index in [0.29, 0.717) is 24.5 Å². The van der Waals surface area contributed by atoms with Gasteiger partial charge < -0.3 is 14.3 Å². The second-order valence-electron chi connectivity index (χ2n) is 3.82. The van der Waals surface area contributed by atoms with Crippen molar-refractivity contribution < 1.29 is 18.7 Å². The molecule has 0 atom stereocenters. The van der Waals surface area contributed by atoms with Gasteiger partial charge in [-0.3, -0.25) is 0 Å². The van der Waals surface area contributed by atoms with Crippen molar-refractivity contribution in [1.29, 1.82) is 0 Å². The fraction of sp³-hybridized carbons (Fsp3) is 0.143. The zero-order chi connectivity index (χ0) is 14.4. The van der Waals surface area contributed by atoms with Gasteiger partial charge in [-0.1, -0.05) is 11.6 Å². The minimum absolute atomic E-state index is 0.149. The average molecular weight is 296 g/mol. The van der Waals surface area contributed by atoms with E-state index >= 15 is 0 Å². The monoisotopic (exact) mass is 295 g/mol. The van der Waals surface area contributed by atoms with Crippen LogP contribution in [0.3, 0.4) is 0 Å². The number of halogens is 2. The Morgan fingerprint density at radius 2 is 1.95 bits per heavy atom. The maximum atomic E-state index is 13.5. The lowest BCUT2D eigenvalue weighted by Crippen LogP contribution is -1.97. The molecule has 0 amide bonds. The molecule has 0 saturated heterocycles. The van der Waals surface area contributed by atoms with Gasteiger partial charge in [0, 0.05) is 12.6 Å². The Labute approximate surface area is 120 Å².